The summed E-state index contributed by atoms with van der Waals surface area (Å²) in [6, 6.07) is 19.9. The number of nitrogens with one attached hydrogen (secondary N) is 1. The molecule has 144 valence electrons. The van der Waals surface area contributed by atoms with Gasteiger partial charge in [-0.2, -0.15) is 0 Å². The molecule has 0 unspecified atom stereocenters. The molecule has 0 aromatic heterocycles. The molecule has 0 radical (unpaired) electrons. The van der Waals surface area contributed by atoms with Crippen molar-refractivity contribution < 1.29 is 19.1 Å². The van der Waals surface area contributed by atoms with E-state index in [0.29, 0.717) is 34.9 Å². The van der Waals surface area contributed by atoms with Gasteiger partial charge in [0.1, 0.15) is 0 Å². The fraction of sp³-hybridized carbons (Fsp3) is 0.130. The molecule has 6 heteroatoms. The normalized spacial score (nSPS) is 13.9. The molecule has 6 nitrogen and oxygen atoms in total. The monoisotopic (exact) mass is 386 g/mol. The molecule has 0 aliphatic carbocycles. The van der Waals surface area contributed by atoms with Crippen molar-refractivity contribution in [2.75, 3.05) is 23.6 Å². The molecule has 0 fully saturated rings. The minimum absolute atomic E-state index is 0.104. The number of para-hydroxylation sites is 1. The summed E-state index contributed by atoms with van der Waals surface area (Å²) < 4.78 is 10.6. The van der Waals surface area contributed by atoms with Crippen LogP contribution >= 0.6 is 0 Å². The van der Waals surface area contributed by atoms with Crippen LogP contribution in [0.15, 0.2) is 66.7 Å². The SMILES string of the molecule is O=C(Nc1ccc2c(c1)OCO2)c1cccc(C(=O)N2CCc3ccccc32)c1. The maximum Gasteiger partial charge on any atom is 0.258 e. The van der Waals surface area contributed by atoms with Gasteiger partial charge < -0.3 is 19.7 Å². The molecule has 3 aromatic carbocycles. The molecule has 0 saturated heterocycles. The van der Waals surface area contributed by atoms with E-state index in [1.165, 1.54) is 0 Å². The van der Waals surface area contributed by atoms with Gasteiger partial charge in [-0.05, 0) is 48.4 Å². The van der Waals surface area contributed by atoms with Gasteiger partial charge in [-0.1, -0.05) is 24.3 Å². The van der Waals surface area contributed by atoms with E-state index in [2.05, 4.69) is 5.32 Å². The Balaban J connectivity index is 1.36. The number of carbonyl (C=O) groups is 2. The molecule has 0 saturated carbocycles. The summed E-state index contributed by atoms with van der Waals surface area (Å²) in [6.07, 6.45) is 0.839. The number of benzene rings is 3. The smallest absolute Gasteiger partial charge is 0.258 e. The second kappa shape index (κ2) is 6.98. The lowest BCUT2D eigenvalue weighted by Crippen LogP contribution is -2.29. The van der Waals surface area contributed by atoms with Crippen molar-refractivity contribution in [3.8, 4) is 11.5 Å². The highest BCUT2D eigenvalue weighted by Gasteiger charge is 2.25. The van der Waals surface area contributed by atoms with E-state index >= 15 is 0 Å². The summed E-state index contributed by atoms with van der Waals surface area (Å²) in [7, 11) is 0. The number of ether oxygens (including phenoxy) is 2. The number of anilines is 2. The van der Waals surface area contributed by atoms with Crippen molar-refractivity contribution in [3.63, 3.8) is 0 Å². The zero-order chi connectivity index (χ0) is 19.8. The van der Waals surface area contributed by atoms with Crippen LogP contribution in [0.5, 0.6) is 11.5 Å². The van der Waals surface area contributed by atoms with Gasteiger partial charge >= 0.3 is 0 Å². The number of hydrogen-bond donors (Lipinski definition) is 1. The van der Waals surface area contributed by atoms with Crippen molar-refractivity contribution in [2.45, 2.75) is 6.42 Å². The van der Waals surface area contributed by atoms with Gasteiger partial charge in [0.2, 0.25) is 6.79 Å². The van der Waals surface area contributed by atoms with Crippen LogP contribution in [0.3, 0.4) is 0 Å². The minimum Gasteiger partial charge on any atom is -0.454 e. The first-order valence-corrected chi connectivity index (χ1v) is 9.40. The number of nitrogens with zero attached hydrogens (tertiary/aromatic N) is 1. The van der Waals surface area contributed by atoms with Gasteiger partial charge in [0.05, 0.1) is 0 Å². The average molecular weight is 386 g/mol. The van der Waals surface area contributed by atoms with Crippen LogP contribution in [-0.2, 0) is 6.42 Å². The van der Waals surface area contributed by atoms with E-state index in [4.69, 9.17) is 9.47 Å². The van der Waals surface area contributed by atoms with E-state index in [1.54, 1.807) is 47.4 Å². The molecule has 2 aliphatic heterocycles. The highest BCUT2D eigenvalue weighted by molar-refractivity contribution is 6.10. The molecule has 3 aromatic rings. The second-order valence-corrected chi connectivity index (χ2v) is 6.94. The molecular weight excluding hydrogens is 368 g/mol. The summed E-state index contributed by atoms with van der Waals surface area (Å²) in [6.45, 7) is 0.822. The summed E-state index contributed by atoms with van der Waals surface area (Å²) in [5.74, 6) is 0.855. The van der Waals surface area contributed by atoms with E-state index in [1.807, 2.05) is 24.3 Å². The summed E-state index contributed by atoms with van der Waals surface area (Å²) in [5, 5.41) is 2.84. The predicted molar refractivity (Wildman–Crippen MR) is 109 cm³/mol. The Morgan fingerprint density at radius 1 is 0.862 bits per heavy atom. The highest BCUT2D eigenvalue weighted by atomic mass is 16.7. The third kappa shape index (κ3) is 3.18. The Kier molecular flexibility index (Phi) is 4.17. The predicted octanol–water partition coefficient (Wildman–Crippen LogP) is 3.87. The lowest BCUT2D eigenvalue weighted by Gasteiger charge is -2.17. The number of hydrogen-bond acceptors (Lipinski definition) is 4. The molecule has 5 rings (SSSR count). The maximum atomic E-state index is 13.0. The Morgan fingerprint density at radius 2 is 1.69 bits per heavy atom. The van der Waals surface area contributed by atoms with Gasteiger partial charge in [0.15, 0.2) is 11.5 Å². The van der Waals surface area contributed by atoms with Crippen LogP contribution < -0.4 is 19.7 Å². The quantitative estimate of drug-likeness (QED) is 0.742. The lowest BCUT2D eigenvalue weighted by atomic mass is 10.1. The van der Waals surface area contributed by atoms with Crippen molar-refractivity contribution >= 4 is 23.2 Å². The third-order valence-electron chi connectivity index (χ3n) is 5.13. The van der Waals surface area contributed by atoms with Crippen molar-refractivity contribution in [1.82, 2.24) is 0 Å². The van der Waals surface area contributed by atoms with Gasteiger partial charge in [0.25, 0.3) is 11.8 Å². The molecule has 2 amide bonds. The molecule has 0 spiro atoms. The summed E-state index contributed by atoms with van der Waals surface area (Å²) >= 11 is 0. The van der Waals surface area contributed by atoms with E-state index < -0.39 is 0 Å². The minimum atomic E-state index is -0.291. The molecule has 2 aliphatic rings. The van der Waals surface area contributed by atoms with E-state index in [-0.39, 0.29) is 18.6 Å². The Hall–Kier alpha value is -3.80. The van der Waals surface area contributed by atoms with Crippen molar-refractivity contribution in [1.29, 1.82) is 0 Å². The van der Waals surface area contributed by atoms with Crippen LogP contribution in [0.2, 0.25) is 0 Å². The van der Waals surface area contributed by atoms with Crippen LogP contribution in [0, 0.1) is 0 Å². The second-order valence-electron chi connectivity index (χ2n) is 6.94. The summed E-state index contributed by atoms with van der Waals surface area (Å²) in [5.41, 5.74) is 3.61. The largest absolute Gasteiger partial charge is 0.454 e. The zero-order valence-electron chi connectivity index (χ0n) is 15.6. The van der Waals surface area contributed by atoms with Crippen molar-refractivity contribution in [3.05, 3.63) is 83.4 Å². The Morgan fingerprint density at radius 3 is 2.62 bits per heavy atom. The molecule has 29 heavy (non-hydrogen) atoms. The Bertz CT molecular complexity index is 1130. The maximum absolute atomic E-state index is 13.0. The molecule has 0 bridgehead atoms. The van der Waals surface area contributed by atoms with Gasteiger partial charge in [-0.25, -0.2) is 0 Å². The Labute approximate surface area is 167 Å². The van der Waals surface area contributed by atoms with Crippen LogP contribution in [0.25, 0.3) is 0 Å². The molecule has 0 atom stereocenters. The number of amides is 2. The van der Waals surface area contributed by atoms with Gasteiger partial charge in [0, 0.05) is 35.1 Å². The number of carbonyl (C=O) groups excluding carboxylic acids is 2. The highest BCUT2D eigenvalue weighted by Crippen LogP contribution is 2.34. The summed E-state index contributed by atoms with van der Waals surface area (Å²) in [4.78, 5) is 27.5. The number of rotatable bonds is 3. The van der Waals surface area contributed by atoms with Crippen LogP contribution in [-0.4, -0.2) is 25.2 Å². The standard InChI is InChI=1S/C23H18N2O4/c26-22(24-18-8-9-20-21(13-18)29-14-28-20)16-5-3-6-17(12-16)23(27)25-11-10-15-4-1-2-7-19(15)25/h1-9,12-13H,10-11,14H2,(H,24,26). The third-order valence-corrected chi connectivity index (χ3v) is 5.13. The molecular formula is C23H18N2O4. The first-order chi connectivity index (χ1) is 14.2. The fourth-order valence-electron chi connectivity index (χ4n) is 3.68. The van der Waals surface area contributed by atoms with E-state index in [9.17, 15) is 9.59 Å². The van der Waals surface area contributed by atoms with Crippen LogP contribution in [0.4, 0.5) is 11.4 Å². The fourth-order valence-corrected chi connectivity index (χ4v) is 3.68. The van der Waals surface area contributed by atoms with Crippen LogP contribution in [0.1, 0.15) is 26.3 Å². The van der Waals surface area contributed by atoms with Gasteiger partial charge in [-0.3, -0.25) is 9.59 Å². The number of fused-ring (bicyclic) bond motifs is 2. The first-order valence-electron chi connectivity index (χ1n) is 9.40. The molecule has 1 N–H and O–H groups in total. The van der Waals surface area contributed by atoms with Crippen molar-refractivity contribution in [2.24, 2.45) is 0 Å². The topological polar surface area (TPSA) is 67.9 Å². The lowest BCUT2D eigenvalue weighted by molar-refractivity contribution is 0.0989. The molecule has 2 heterocycles. The average Bonchev–Trinajstić information content (AvgIpc) is 3.40. The van der Waals surface area contributed by atoms with Gasteiger partial charge in [-0.15, -0.1) is 0 Å². The zero-order valence-corrected chi connectivity index (χ0v) is 15.6. The first kappa shape index (κ1) is 17.3. The van der Waals surface area contributed by atoms with E-state index in [0.717, 1.165) is 17.7 Å².